The lowest BCUT2D eigenvalue weighted by molar-refractivity contribution is -0.637. The number of hydrogen-bond acceptors (Lipinski definition) is 3. The first-order valence-corrected chi connectivity index (χ1v) is 4.82. The molecule has 0 aliphatic heterocycles. The molecule has 0 saturated heterocycles. The van der Waals surface area contributed by atoms with Gasteiger partial charge >= 0.3 is 0 Å². The Morgan fingerprint density at radius 1 is 1.00 bits per heavy atom. The smallest absolute Gasteiger partial charge is 0.224 e. The van der Waals surface area contributed by atoms with Crippen LogP contribution in [0.25, 0.3) is 0 Å². The normalized spacial score (nSPS) is 12.9. The van der Waals surface area contributed by atoms with E-state index >= 15 is 0 Å². The lowest BCUT2D eigenvalue weighted by Crippen LogP contribution is -2.46. The zero-order valence-electron chi connectivity index (χ0n) is 9.48. The van der Waals surface area contributed by atoms with Gasteiger partial charge in [-0.05, 0) is 33.8 Å². The molecule has 0 spiro atoms. The summed E-state index contributed by atoms with van der Waals surface area (Å²) < 4.78 is 0.583. The Morgan fingerprint density at radius 3 is 1.60 bits per heavy atom. The van der Waals surface area contributed by atoms with Gasteiger partial charge in [0, 0.05) is 12.1 Å². The Balaban J connectivity index is 3.37. The fourth-order valence-electron chi connectivity index (χ4n) is 1.40. The highest BCUT2D eigenvalue weighted by Crippen LogP contribution is 2.20. The molecule has 4 heteroatoms. The third-order valence-electron chi connectivity index (χ3n) is 2.20. The standard InChI is InChI=1S/C11H17NO3/c1-10(2,13)8-6-5-7-9(12(8)15)11(3,4)14/h5-7,13-14H,1-4H3. The zero-order chi connectivity index (χ0) is 11.9. The maximum absolute atomic E-state index is 11.9. The van der Waals surface area contributed by atoms with Gasteiger partial charge in [-0.25, -0.2) is 0 Å². The van der Waals surface area contributed by atoms with Crippen molar-refractivity contribution in [2.75, 3.05) is 0 Å². The molecule has 1 heterocycles. The summed E-state index contributed by atoms with van der Waals surface area (Å²) >= 11 is 0. The molecule has 1 aromatic rings. The van der Waals surface area contributed by atoms with Crippen molar-refractivity contribution in [2.24, 2.45) is 0 Å². The molecule has 0 atom stereocenters. The van der Waals surface area contributed by atoms with Crippen LogP contribution in [0.4, 0.5) is 0 Å². The first-order chi connectivity index (χ1) is 6.64. The second-order valence-electron chi connectivity index (χ2n) is 4.71. The highest BCUT2D eigenvalue weighted by molar-refractivity contribution is 5.12. The van der Waals surface area contributed by atoms with Crippen LogP contribution in [0, 0.1) is 5.21 Å². The minimum absolute atomic E-state index is 0.224. The Labute approximate surface area is 89.4 Å². The predicted octanol–water partition coefficient (Wildman–Crippen LogP) is 0.775. The van der Waals surface area contributed by atoms with E-state index in [1.165, 1.54) is 27.7 Å². The lowest BCUT2D eigenvalue weighted by atomic mass is 10.00. The summed E-state index contributed by atoms with van der Waals surface area (Å²) in [6.07, 6.45) is 0. The molecule has 0 unspecified atom stereocenters. The molecule has 0 bridgehead atoms. The van der Waals surface area contributed by atoms with E-state index in [1.54, 1.807) is 18.2 Å². The van der Waals surface area contributed by atoms with Crippen LogP contribution in [-0.2, 0) is 11.2 Å². The molecule has 1 aromatic heterocycles. The molecule has 4 nitrogen and oxygen atoms in total. The average Bonchev–Trinajstić information content (AvgIpc) is 1.99. The number of aromatic nitrogens is 1. The number of pyridine rings is 1. The predicted molar refractivity (Wildman–Crippen MR) is 55.9 cm³/mol. The fraction of sp³-hybridized carbons (Fsp3) is 0.545. The Kier molecular flexibility index (Phi) is 2.76. The van der Waals surface area contributed by atoms with Gasteiger partial charge < -0.3 is 15.4 Å². The molecule has 0 aliphatic carbocycles. The van der Waals surface area contributed by atoms with E-state index in [-0.39, 0.29) is 11.4 Å². The number of rotatable bonds is 2. The summed E-state index contributed by atoms with van der Waals surface area (Å²) in [5, 5.41) is 31.4. The minimum Gasteiger partial charge on any atom is -0.618 e. The molecule has 84 valence electrons. The molecule has 0 amide bonds. The van der Waals surface area contributed by atoms with Crippen molar-refractivity contribution in [3.05, 3.63) is 34.8 Å². The van der Waals surface area contributed by atoms with Crippen LogP contribution < -0.4 is 4.73 Å². The van der Waals surface area contributed by atoms with Crippen LogP contribution >= 0.6 is 0 Å². The van der Waals surface area contributed by atoms with Crippen LogP contribution in [0.15, 0.2) is 18.2 Å². The van der Waals surface area contributed by atoms with Crippen LogP contribution in [0.3, 0.4) is 0 Å². The first kappa shape index (κ1) is 11.9. The maximum Gasteiger partial charge on any atom is 0.224 e. The molecule has 0 saturated carbocycles. The molecule has 0 radical (unpaired) electrons. The van der Waals surface area contributed by atoms with Crippen molar-refractivity contribution in [2.45, 2.75) is 38.9 Å². The topological polar surface area (TPSA) is 67.4 Å². The summed E-state index contributed by atoms with van der Waals surface area (Å²) in [5.41, 5.74) is -1.99. The van der Waals surface area contributed by atoms with Gasteiger partial charge in [-0.2, -0.15) is 4.73 Å². The van der Waals surface area contributed by atoms with Gasteiger partial charge in [-0.3, -0.25) is 0 Å². The highest BCUT2D eigenvalue weighted by atomic mass is 16.5. The Morgan fingerprint density at radius 2 is 1.33 bits per heavy atom. The van der Waals surface area contributed by atoms with E-state index in [2.05, 4.69) is 0 Å². The van der Waals surface area contributed by atoms with Gasteiger partial charge in [0.05, 0.1) is 0 Å². The van der Waals surface area contributed by atoms with Crippen molar-refractivity contribution in [3.63, 3.8) is 0 Å². The van der Waals surface area contributed by atoms with Gasteiger partial charge in [0.1, 0.15) is 11.2 Å². The van der Waals surface area contributed by atoms with Gasteiger partial charge in [0.2, 0.25) is 11.4 Å². The van der Waals surface area contributed by atoms with Crippen LogP contribution in [0.1, 0.15) is 39.1 Å². The van der Waals surface area contributed by atoms with E-state index in [9.17, 15) is 15.4 Å². The number of nitrogens with zero attached hydrogens (tertiary/aromatic N) is 1. The van der Waals surface area contributed by atoms with Crippen LogP contribution in [-0.4, -0.2) is 10.2 Å². The number of hydrogen-bond donors (Lipinski definition) is 2. The van der Waals surface area contributed by atoms with E-state index in [0.717, 1.165) is 0 Å². The van der Waals surface area contributed by atoms with E-state index in [0.29, 0.717) is 4.73 Å². The molecule has 0 aromatic carbocycles. The molecular weight excluding hydrogens is 194 g/mol. The molecule has 0 fully saturated rings. The van der Waals surface area contributed by atoms with Crippen molar-refractivity contribution < 1.29 is 14.9 Å². The quantitative estimate of drug-likeness (QED) is 0.561. The van der Waals surface area contributed by atoms with Crippen molar-refractivity contribution in [3.8, 4) is 0 Å². The third-order valence-corrected chi connectivity index (χ3v) is 2.20. The summed E-state index contributed by atoms with van der Waals surface area (Å²) in [4.78, 5) is 0. The van der Waals surface area contributed by atoms with Crippen molar-refractivity contribution >= 4 is 0 Å². The molecule has 2 N–H and O–H groups in total. The van der Waals surface area contributed by atoms with Gasteiger partial charge in [-0.15, -0.1) is 0 Å². The van der Waals surface area contributed by atoms with Gasteiger partial charge in [0.25, 0.3) is 0 Å². The van der Waals surface area contributed by atoms with E-state index in [1.807, 2.05) is 0 Å². The average molecular weight is 211 g/mol. The minimum atomic E-state index is -1.22. The second kappa shape index (κ2) is 3.47. The fourth-order valence-corrected chi connectivity index (χ4v) is 1.40. The molecule has 15 heavy (non-hydrogen) atoms. The molecular formula is C11H17NO3. The van der Waals surface area contributed by atoms with E-state index < -0.39 is 11.2 Å². The maximum atomic E-state index is 11.9. The summed E-state index contributed by atoms with van der Waals surface area (Å²) in [5.74, 6) is 0. The van der Waals surface area contributed by atoms with Gasteiger partial charge in [0.15, 0.2) is 0 Å². The van der Waals surface area contributed by atoms with Crippen molar-refractivity contribution in [1.29, 1.82) is 0 Å². The third kappa shape index (κ3) is 2.46. The monoisotopic (exact) mass is 211 g/mol. The molecule has 0 aliphatic rings. The Bertz CT molecular complexity index is 329. The lowest BCUT2D eigenvalue weighted by Gasteiger charge is -2.22. The molecule has 1 rings (SSSR count). The largest absolute Gasteiger partial charge is 0.618 e. The first-order valence-electron chi connectivity index (χ1n) is 4.82. The van der Waals surface area contributed by atoms with Crippen LogP contribution in [0.2, 0.25) is 0 Å². The summed E-state index contributed by atoms with van der Waals surface area (Å²) in [6.45, 7) is 6.13. The zero-order valence-corrected chi connectivity index (χ0v) is 9.48. The second-order valence-corrected chi connectivity index (χ2v) is 4.71. The summed E-state index contributed by atoms with van der Waals surface area (Å²) in [7, 11) is 0. The number of aliphatic hydroxyl groups is 2. The Hall–Kier alpha value is -1.13. The van der Waals surface area contributed by atoms with Crippen LogP contribution in [0.5, 0.6) is 0 Å². The highest BCUT2D eigenvalue weighted by Gasteiger charge is 2.32. The van der Waals surface area contributed by atoms with E-state index in [4.69, 9.17) is 0 Å². The van der Waals surface area contributed by atoms with Crippen molar-refractivity contribution in [1.82, 2.24) is 0 Å². The SMILES string of the molecule is CC(C)(O)c1cccc(C(C)(C)O)[n+]1[O-]. The summed E-state index contributed by atoms with van der Waals surface area (Å²) in [6, 6.07) is 4.74. The van der Waals surface area contributed by atoms with Gasteiger partial charge in [-0.1, -0.05) is 0 Å².